The van der Waals surface area contributed by atoms with Crippen LogP contribution in [0.25, 0.3) is 9.88 Å². The zero-order chi connectivity index (χ0) is 16.4. The standard InChI is InChI=1S/C16H18N2O3S2/c1-10-13(23-14(17-10)12-7-5-9-22-12)15(19)18-8-4-3-6-11(18)16(20)21-2/h5,7,9,11H,3-4,6,8H2,1-2H3. The molecule has 1 aliphatic heterocycles. The van der Waals surface area contributed by atoms with Gasteiger partial charge in [-0.2, -0.15) is 0 Å². The van der Waals surface area contributed by atoms with Crippen molar-refractivity contribution in [3.05, 3.63) is 28.1 Å². The van der Waals surface area contributed by atoms with Crippen LogP contribution in [0.15, 0.2) is 17.5 Å². The number of aromatic nitrogens is 1. The Morgan fingerprint density at radius 3 is 2.91 bits per heavy atom. The summed E-state index contributed by atoms with van der Waals surface area (Å²) in [4.78, 5) is 32.7. The number of methoxy groups -OCH3 is 1. The molecular weight excluding hydrogens is 332 g/mol. The molecule has 5 nitrogen and oxygen atoms in total. The van der Waals surface area contributed by atoms with E-state index in [0.717, 1.165) is 28.4 Å². The monoisotopic (exact) mass is 350 g/mol. The highest BCUT2D eigenvalue weighted by Gasteiger charge is 2.34. The van der Waals surface area contributed by atoms with Crippen LogP contribution in [0.4, 0.5) is 0 Å². The molecule has 2 aromatic rings. The Kier molecular flexibility index (Phi) is 4.77. The van der Waals surface area contributed by atoms with Gasteiger partial charge in [-0.15, -0.1) is 22.7 Å². The number of piperidine rings is 1. The second-order valence-electron chi connectivity index (χ2n) is 5.44. The number of carbonyl (C=O) groups excluding carboxylic acids is 2. The molecule has 1 atom stereocenters. The average molecular weight is 350 g/mol. The van der Waals surface area contributed by atoms with E-state index in [1.165, 1.54) is 18.4 Å². The molecule has 3 heterocycles. The van der Waals surface area contributed by atoms with Gasteiger partial charge in [-0.3, -0.25) is 4.79 Å². The normalized spacial score (nSPS) is 18.0. The third-order valence-electron chi connectivity index (χ3n) is 3.96. The number of ether oxygens (including phenoxy) is 1. The first kappa shape index (κ1) is 16.1. The number of likely N-dealkylation sites (tertiary alicyclic amines) is 1. The molecule has 0 aliphatic carbocycles. The van der Waals surface area contributed by atoms with Crippen molar-refractivity contribution >= 4 is 34.6 Å². The van der Waals surface area contributed by atoms with Crippen LogP contribution >= 0.6 is 22.7 Å². The fraction of sp³-hybridized carbons (Fsp3) is 0.438. The van der Waals surface area contributed by atoms with Crippen LogP contribution in [0.2, 0.25) is 0 Å². The lowest BCUT2D eigenvalue weighted by Crippen LogP contribution is -2.48. The van der Waals surface area contributed by atoms with Gasteiger partial charge in [0.2, 0.25) is 0 Å². The molecule has 23 heavy (non-hydrogen) atoms. The second-order valence-corrected chi connectivity index (χ2v) is 7.39. The van der Waals surface area contributed by atoms with Crippen LogP contribution in [0.3, 0.4) is 0 Å². The van der Waals surface area contributed by atoms with Crippen LogP contribution < -0.4 is 0 Å². The second kappa shape index (κ2) is 6.80. The topological polar surface area (TPSA) is 59.5 Å². The van der Waals surface area contributed by atoms with Gasteiger partial charge in [-0.1, -0.05) is 6.07 Å². The summed E-state index contributed by atoms with van der Waals surface area (Å²) >= 11 is 3.00. The number of hydrogen-bond donors (Lipinski definition) is 0. The lowest BCUT2D eigenvalue weighted by molar-refractivity contribution is -0.147. The fourth-order valence-corrected chi connectivity index (χ4v) is 4.61. The predicted molar refractivity (Wildman–Crippen MR) is 90.9 cm³/mol. The van der Waals surface area contributed by atoms with Crippen molar-refractivity contribution < 1.29 is 14.3 Å². The Hall–Kier alpha value is -1.73. The number of carbonyl (C=O) groups is 2. The highest BCUT2D eigenvalue weighted by atomic mass is 32.1. The quantitative estimate of drug-likeness (QED) is 0.797. The molecule has 0 spiro atoms. The molecule has 1 fully saturated rings. The number of esters is 1. The number of aryl methyl sites for hydroxylation is 1. The summed E-state index contributed by atoms with van der Waals surface area (Å²) in [6.45, 7) is 2.43. The van der Waals surface area contributed by atoms with E-state index in [4.69, 9.17) is 4.74 Å². The van der Waals surface area contributed by atoms with Gasteiger partial charge in [0, 0.05) is 6.54 Å². The summed E-state index contributed by atoms with van der Waals surface area (Å²) < 4.78 is 4.86. The molecular formula is C16H18N2O3S2. The number of thiophene rings is 1. The van der Waals surface area contributed by atoms with Gasteiger partial charge >= 0.3 is 5.97 Å². The van der Waals surface area contributed by atoms with Gasteiger partial charge in [-0.25, -0.2) is 9.78 Å². The van der Waals surface area contributed by atoms with Crippen molar-refractivity contribution in [3.8, 4) is 9.88 Å². The maximum Gasteiger partial charge on any atom is 0.328 e. The number of hydrogen-bond acceptors (Lipinski definition) is 6. The largest absolute Gasteiger partial charge is 0.467 e. The fourth-order valence-electron chi connectivity index (χ4n) is 2.79. The van der Waals surface area contributed by atoms with Crippen LogP contribution in [0.5, 0.6) is 0 Å². The van der Waals surface area contributed by atoms with Crippen LogP contribution in [0, 0.1) is 6.92 Å². The van der Waals surface area contributed by atoms with Gasteiger partial charge in [0.1, 0.15) is 15.9 Å². The molecule has 2 aromatic heterocycles. The minimum absolute atomic E-state index is 0.113. The zero-order valence-electron chi connectivity index (χ0n) is 13.1. The lowest BCUT2D eigenvalue weighted by atomic mass is 10.0. The summed E-state index contributed by atoms with van der Waals surface area (Å²) in [5, 5.41) is 2.85. The van der Waals surface area contributed by atoms with Crippen molar-refractivity contribution in [2.45, 2.75) is 32.2 Å². The molecule has 1 saturated heterocycles. The molecule has 0 aromatic carbocycles. The zero-order valence-corrected chi connectivity index (χ0v) is 14.7. The van der Waals surface area contributed by atoms with E-state index in [1.807, 2.05) is 24.4 Å². The molecule has 0 saturated carbocycles. The molecule has 7 heteroatoms. The third kappa shape index (κ3) is 3.16. The van der Waals surface area contributed by atoms with Crippen molar-refractivity contribution in [3.63, 3.8) is 0 Å². The summed E-state index contributed by atoms with van der Waals surface area (Å²) in [6, 6.07) is 3.49. The van der Waals surface area contributed by atoms with Crippen LogP contribution in [-0.2, 0) is 9.53 Å². The molecule has 1 amide bonds. The highest BCUT2D eigenvalue weighted by molar-refractivity contribution is 7.22. The Morgan fingerprint density at radius 1 is 1.39 bits per heavy atom. The summed E-state index contributed by atoms with van der Waals surface area (Å²) in [6.07, 6.45) is 2.51. The Labute approximate surface area is 142 Å². The molecule has 122 valence electrons. The van der Waals surface area contributed by atoms with Gasteiger partial charge in [-0.05, 0) is 37.6 Å². The minimum atomic E-state index is -0.479. The summed E-state index contributed by atoms with van der Waals surface area (Å²) in [7, 11) is 1.37. The lowest BCUT2D eigenvalue weighted by Gasteiger charge is -2.33. The predicted octanol–water partition coefficient (Wildman–Crippen LogP) is 3.35. The molecule has 0 radical (unpaired) electrons. The maximum absolute atomic E-state index is 12.9. The molecule has 0 bridgehead atoms. The van der Waals surface area contributed by atoms with Crippen molar-refractivity contribution in [2.24, 2.45) is 0 Å². The molecule has 3 rings (SSSR count). The first-order valence-electron chi connectivity index (χ1n) is 7.52. The van der Waals surface area contributed by atoms with Gasteiger partial charge in [0.25, 0.3) is 5.91 Å². The third-order valence-corrected chi connectivity index (χ3v) is 6.14. The molecule has 0 N–H and O–H groups in total. The van der Waals surface area contributed by atoms with E-state index in [2.05, 4.69) is 4.98 Å². The van der Waals surface area contributed by atoms with Gasteiger partial charge < -0.3 is 9.64 Å². The van der Waals surface area contributed by atoms with E-state index < -0.39 is 6.04 Å². The van der Waals surface area contributed by atoms with Crippen molar-refractivity contribution in [2.75, 3.05) is 13.7 Å². The Bertz CT molecular complexity index is 709. The van der Waals surface area contributed by atoms with E-state index in [-0.39, 0.29) is 11.9 Å². The average Bonchev–Trinajstić information content (AvgIpc) is 3.23. The van der Waals surface area contributed by atoms with E-state index in [0.29, 0.717) is 17.8 Å². The smallest absolute Gasteiger partial charge is 0.328 e. The number of amides is 1. The van der Waals surface area contributed by atoms with E-state index in [9.17, 15) is 9.59 Å². The summed E-state index contributed by atoms with van der Waals surface area (Å²) in [5.74, 6) is -0.448. The highest BCUT2D eigenvalue weighted by Crippen LogP contribution is 2.32. The Balaban J connectivity index is 1.88. The van der Waals surface area contributed by atoms with E-state index >= 15 is 0 Å². The maximum atomic E-state index is 12.9. The first-order chi connectivity index (χ1) is 11.1. The minimum Gasteiger partial charge on any atom is -0.467 e. The number of rotatable bonds is 3. The number of thiazole rings is 1. The summed E-state index contributed by atoms with van der Waals surface area (Å²) in [5.41, 5.74) is 0.720. The van der Waals surface area contributed by atoms with Crippen LogP contribution in [0.1, 0.15) is 34.6 Å². The van der Waals surface area contributed by atoms with E-state index in [1.54, 1.807) is 16.2 Å². The van der Waals surface area contributed by atoms with Gasteiger partial charge in [0.15, 0.2) is 0 Å². The Morgan fingerprint density at radius 2 is 2.22 bits per heavy atom. The molecule has 1 aliphatic rings. The van der Waals surface area contributed by atoms with Crippen molar-refractivity contribution in [1.82, 2.24) is 9.88 Å². The van der Waals surface area contributed by atoms with Crippen LogP contribution in [-0.4, -0.2) is 41.5 Å². The SMILES string of the molecule is COC(=O)C1CCCCN1C(=O)c1sc(-c2cccs2)nc1C. The van der Waals surface area contributed by atoms with Gasteiger partial charge in [0.05, 0.1) is 17.7 Å². The molecule has 1 unspecified atom stereocenters. The van der Waals surface area contributed by atoms with Crippen molar-refractivity contribution in [1.29, 1.82) is 0 Å². The first-order valence-corrected chi connectivity index (χ1v) is 9.21. The number of nitrogens with zero attached hydrogens (tertiary/aromatic N) is 2.